The van der Waals surface area contributed by atoms with E-state index in [1.54, 1.807) is 0 Å². The molecular formula is C85H154O17P2. The van der Waals surface area contributed by atoms with Crippen molar-refractivity contribution >= 4 is 39.5 Å². The SMILES string of the molecule is CC/C=C\C/C=C\C/C=C\C/C=C\C/C=C\CCCCCC(=O)O[C@H](COC(=O)CCCCCCCCCCCCCCCCC)COP(=O)(O)OCC(O)COP(=O)(O)OC[C@@H](COC(=O)CCCCCCCCCCCCCCCCC)OC(=O)CCCCCCC/C=C\CCCCCCCC. The second kappa shape index (κ2) is 77.7. The summed E-state index contributed by atoms with van der Waals surface area (Å²) in [6, 6.07) is 0. The molecule has 0 rings (SSSR count). The van der Waals surface area contributed by atoms with Gasteiger partial charge < -0.3 is 33.8 Å². The van der Waals surface area contributed by atoms with Gasteiger partial charge in [-0.2, -0.15) is 0 Å². The van der Waals surface area contributed by atoms with E-state index in [4.69, 9.17) is 37.0 Å². The van der Waals surface area contributed by atoms with Crippen LogP contribution in [-0.2, 0) is 65.4 Å². The van der Waals surface area contributed by atoms with Crippen molar-refractivity contribution in [2.45, 2.75) is 406 Å². The standard InChI is InChI=1S/C85H154O17P2/c1-5-9-13-17-21-25-29-33-37-38-39-40-44-48-52-56-60-64-68-72-85(90)102-81(76-96-83(88)70-66-62-58-54-50-46-42-35-31-27-23-19-15-11-7-3)78-100-104(93,94)98-74-79(86)73-97-103(91,92)99-77-80(101-84(89)71-67-63-59-55-51-47-43-36-32-28-24-20-16-12-8-4)75-95-82(87)69-65-61-57-53-49-45-41-34-30-26-22-18-14-10-6-2/h9,13,21,25,33,36-37,39-40,43,48,52,79-81,86H,5-8,10-12,14-20,22-24,26-32,34-35,38,41-42,44-47,49-51,53-78H2,1-4H3,(H,91,92)(H,93,94)/b13-9-,25-21-,37-33-,40-39-,43-36-,52-48-/t79?,80-,81-/m1/s1. The molecular weight excluding hydrogens is 1350 g/mol. The van der Waals surface area contributed by atoms with Crippen LogP contribution < -0.4 is 0 Å². The van der Waals surface area contributed by atoms with Crippen LogP contribution in [0.5, 0.6) is 0 Å². The van der Waals surface area contributed by atoms with E-state index in [2.05, 4.69) is 101 Å². The van der Waals surface area contributed by atoms with E-state index in [9.17, 15) is 43.2 Å². The predicted octanol–water partition coefficient (Wildman–Crippen LogP) is 24.8. The summed E-state index contributed by atoms with van der Waals surface area (Å²) >= 11 is 0. The highest BCUT2D eigenvalue weighted by molar-refractivity contribution is 7.47. The van der Waals surface area contributed by atoms with E-state index in [1.165, 1.54) is 180 Å². The van der Waals surface area contributed by atoms with E-state index < -0.39 is 97.5 Å². The van der Waals surface area contributed by atoms with Crippen LogP contribution in [0.1, 0.15) is 387 Å². The number of aliphatic hydroxyl groups excluding tert-OH is 1. The van der Waals surface area contributed by atoms with Crippen LogP contribution in [0, 0.1) is 0 Å². The fraction of sp³-hybridized carbons (Fsp3) is 0.812. The van der Waals surface area contributed by atoms with Gasteiger partial charge in [-0.3, -0.25) is 37.3 Å². The van der Waals surface area contributed by atoms with Gasteiger partial charge in [-0.05, 0) is 96.3 Å². The zero-order valence-electron chi connectivity index (χ0n) is 66.5. The molecule has 0 saturated carbocycles. The third-order valence-corrected chi connectivity index (χ3v) is 20.1. The molecule has 0 aliphatic carbocycles. The van der Waals surface area contributed by atoms with Gasteiger partial charge in [0.1, 0.15) is 19.3 Å². The lowest BCUT2D eigenvalue weighted by Crippen LogP contribution is -2.30. The summed E-state index contributed by atoms with van der Waals surface area (Å²) in [6.07, 6.45) is 80.1. The number of aliphatic hydroxyl groups is 1. The van der Waals surface area contributed by atoms with Crippen molar-refractivity contribution in [2.75, 3.05) is 39.6 Å². The average molecular weight is 1510 g/mol. The van der Waals surface area contributed by atoms with Gasteiger partial charge in [-0.15, -0.1) is 0 Å². The van der Waals surface area contributed by atoms with Crippen molar-refractivity contribution in [1.82, 2.24) is 0 Å². The molecule has 104 heavy (non-hydrogen) atoms. The monoisotopic (exact) mass is 1510 g/mol. The topological polar surface area (TPSA) is 237 Å². The Kier molecular flexibility index (Phi) is 75.0. The zero-order valence-corrected chi connectivity index (χ0v) is 68.2. The van der Waals surface area contributed by atoms with Crippen molar-refractivity contribution in [3.63, 3.8) is 0 Å². The third kappa shape index (κ3) is 76.7. The molecule has 0 radical (unpaired) electrons. The van der Waals surface area contributed by atoms with Crippen LogP contribution in [0.15, 0.2) is 72.9 Å². The van der Waals surface area contributed by atoms with Gasteiger partial charge in [0.2, 0.25) is 0 Å². The maximum absolute atomic E-state index is 13.1. The number of ether oxygens (including phenoxy) is 4. The fourth-order valence-electron chi connectivity index (χ4n) is 11.8. The smallest absolute Gasteiger partial charge is 0.462 e. The second-order valence-electron chi connectivity index (χ2n) is 28.4. The normalized spacial score (nSPS) is 14.2. The first-order valence-electron chi connectivity index (χ1n) is 42.2. The van der Waals surface area contributed by atoms with E-state index in [0.29, 0.717) is 25.7 Å². The molecule has 0 heterocycles. The van der Waals surface area contributed by atoms with Gasteiger partial charge in [-0.25, -0.2) is 9.13 Å². The number of hydrogen-bond acceptors (Lipinski definition) is 15. The summed E-state index contributed by atoms with van der Waals surface area (Å²) in [6.45, 7) is 4.81. The van der Waals surface area contributed by atoms with Gasteiger partial charge in [0.05, 0.1) is 26.4 Å². The Labute approximate surface area is 634 Å². The van der Waals surface area contributed by atoms with E-state index in [0.717, 1.165) is 128 Å². The number of hydrogen-bond donors (Lipinski definition) is 3. The van der Waals surface area contributed by atoms with Crippen molar-refractivity contribution in [3.8, 4) is 0 Å². The lowest BCUT2D eigenvalue weighted by atomic mass is 10.0. The molecule has 5 atom stereocenters. The molecule has 0 amide bonds. The molecule has 0 aliphatic heterocycles. The number of unbranched alkanes of at least 4 members (excludes halogenated alkanes) is 42. The maximum atomic E-state index is 13.1. The molecule has 3 unspecified atom stereocenters. The van der Waals surface area contributed by atoms with Crippen LogP contribution >= 0.6 is 15.6 Å². The van der Waals surface area contributed by atoms with Crippen molar-refractivity contribution in [3.05, 3.63) is 72.9 Å². The van der Waals surface area contributed by atoms with E-state index in [1.807, 2.05) is 0 Å². The van der Waals surface area contributed by atoms with Crippen LogP contribution in [0.25, 0.3) is 0 Å². The highest BCUT2D eigenvalue weighted by Crippen LogP contribution is 2.45. The Morgan fingerprint density at radius 3 is 0.788 bits per heavy atom. The predicted molar refractivity (Wildman–Crippen MR) is 427 cm³/mol. The zero-order chi connectivity index (χ0) is 76.0. The van der Waals surface area contributed by atoms with Gasteiger partial charge >= 0.3 is 39.5 Å². The lowest BCUT2D eigenvalue weighted by molar-refractivity contribution is -0.161. The second-order valence-corrected chi connectivity index (χ2v) is 31.3. The van der Waals surface area contributed by atoms with Gasteiger partial charge in [-0.1, -0.05) is 338 Å². The summed E-state index contributed by atoms with van der Waals surface area (Å²) in [5.41, 5.74) is 0. The minimum Gasteiger partial charge on any atom is -0.462 e. The number of esters is 4. The van der Waals surface area contributed by atoms with Crippen molar-refractivity contribution in [2.24, 2.45) is 0 Å². The summed E-state index contributed by atoms with van der Waals surface area (Å²) in [5.74, 6) is -2.18. The summed E-state index contributed by atoms with van der Waals surface area (Å²) in [4.78, 5) is 73.1. The minimum absolute atomic E-state index is 0.0597. The Hall–Kier alpha value is -3.50. The molecule has 3 N–H and O–H groups in total. The number of allylic oxidation sites excluding steroid dienone is 12. The number of phosphoric acid groups is 2. The Bertz CT molecular complexity index is 2250. The lowest BCUT2D eigenvalue weighted by Gasteiger charge is -2.21. The van der Waals surface area contributed by atoms with E-state index >= 15 is 0 Å². The highest BCUT2D eigenvalue weighted by Gasteiger charge is 2.30. The Morgan fingerprint density at radius 2 is 0.500 bits per heavy atom. The third-order valence-electron chi connectivity index (χ3n) is 18.2. The molecule has 0 saturated heterocycles. The van der Waals surface area contributed by atoms with Gasteiger partial charge in [0.25, 0.3) is 0 Å². The van der Waals surface area contributed by atoms with E-state index in [-0.39, 0.29) is 25.7 Å². The average Bonchev–Trinajstić information content (AvgIpc) is 0.943. The molecule has 19 heteroatoms. The van der Waals surface area contributed by atoms with Crippen LogP contribution in [0.2, 0.25) is 0 Å². The molecule has 0 aromatic heterocycles. The fourth-order valence-corrected chi connectivity index (χ4v) is 13.4. The highest BCUT2D eigenvalue weighted by atomic mass is 31.2. The largest absolute Gasteiger partial charge is 0.472 e. The summed E-state index contributed by atoms with van der Waals surface area (Å²) in [5, 5.41) is 10.7. The first-order chi connectivity index (χ1) is 50.7. The molecule has 0 fully saturated rings. The summed E-state index contributed by atoms with van der Waals surface area (Å²) < 4.78 is 68.7. The maximum Gasteiger partial charge on any atom is 0.472 e. The Morgan fingerprint density at radius 1 is 0.279 bits per heavy atom. The quantitative estimate of drug-likeness (QED) is 0.0169. The molecule has 0 aromatic rings. The molecule has 17 nitrogen and oxygen atoms in total. The molecule has 0 spiro atoms. The van der Waals surface area contributed by atoms with Crippen LogP contribution in [0.3, 0.4) is 0 Å². The molecule has 0 bridgehead atoms. The summed E-state index contributed by atoms with van der Waals surface area (Å²) in [7, 11) is -9.96. The first-order valence-corrected chi connectivity index (χ1v) is 45.2. The van der Waals surface area contributed by atoms with Crippen LogP contribution in [0.4, 0.5) is 0 Å². The first kappa shape index (κ1) is 100. The van der Waals surface area contributed by atoms with Gasteiger partial charge in [0.15, 0.2) is 12.2 Å². The number of carbonyl (C=O) groups is 4. The van der Waals surface area contributed by atoms with Crippen molar-refractivity contribution in [1.29, 1.82) is 0 Å². The molecule has 606 valence electrons. The van der Waals surface area contributed by atoms with Crippen molar-refractivity contribution < 1.29 is 80.2 Å². The minimum atomic E-state index is -4.98. The molecule has 0 aliphatic rings. The van der Waals surface area contributed by atoms with Crippen LogP contribution in [-0.4, -0.2) is 96.7 Å². The number of rotatable bonds is 80. The number of carbonyl (C=O) groups excluding carboxylic acids is 4. The molecule has 0 aromatic carbocycles. The van der Waals surface area contributed by atoms with Gasteiger partial charge in [0, 0.05) is 25.7 Å². The Balaban J connectivity index is 5.37. The number of phosphoric ester groups is 2.